The first-order valence-electron chi connectivity index (χ1n) is 15.4. The number of hydrogen-bond donors (Lipinski definition) is 1. The highest BCUT2D eigenvalue weighted by molar-refractivity contribution is 6.30. The Balaban J connectivity index is 1.35. The van der Waals surface area contributed by atoms with Crippen LogP contribution < -0.4 is 5.32 Å². The van der Waals surface area contributed by atoms with Crippen molar-refractivity contribution in [3.8, 4) is 0 Å². The number of carbonyl (C=O) groups excluding carboxylic acids is 3. The molecule has 6 rings (SSSR count). The zero-order valence-corrected chi connectivity index (χ0v) is 26.3. The fraction of sp³-hybridized carbons (Fsp3) is 0.250. The topological polar surface area (TPSA) is 76.2 Å². The number of nitrogens with zero attached hydrogens (tertiary/aromatic N) is 4. The summed E-state index contributed by atoms with van der Waals surface area (Å²) in [6.45, 7) is 0.758. The van der Waals surface area contributed by atoms with Gasteiger partial charge in [-0.2, -0.15) is 0 Å². The second-order valence-corrected chi connectivity index (χ2v) is 12.1. The lowest BCUT2D eigenvalue weighted by atomic mass is 9.98. The molecule has 0 aliphatic carbocycles. The molecule has 2 atom stereocenters. The van der Waals surface area contributed by atoms with Crippen molar-refractivity contribution < 1.29 is 23.2 Å². The van der Waals surface area contributed by atoms with E-state index in [9.17, 15) is 23.2 Å². The van der Waals surface area contributed by atoms with Crippen LogP contribution in [0.25, 0.3) is 0 Å². The monoisotopic (exact) mass is 657 g/mol. The SMILES string of the molecule is O=C1C(Cc2ccc(F)c(F)c2)N2C(=O)CN(Cc3ccccc3)N(C(=O)NCc3ccccc3)C2CN1CCc1ccc(Cl)cc1. The van der Waals surface area contributed by atoms with Crippen molar-refractivity contribution in [3.63, 3.8) is 0 Å². The Morgan fingerprint density at radius 3 is 2.15 bits per heavy atom. The highest BCUT2D eigenvalue weighted by Crippen LogP contribution is 2.30. The zero-order chi connectivity index (χ0) is 32.9. The van der Waals surface area contributed by atoms with Crippen molar-refractivity contribution in [3.05, 3.63) is 142 Å². The quantitative estimate of drug-likeness (QED) is 0.261. The van der Waals surface area contributed by atoms with Crippen LogP contribution in [0.4, 0.5) is 13.6 Å². The van der Waals surface area contributed by atoms with Crippen molar-refractivity contribution in [2.24, 2.45) is 0 Å². The fourth-order valence-corrected chi connectivity index (χ4v) is 6.31. The lowest BCUT2D eigenvalue weighted by Crippen LogP contribution is -2.76. The summed E-state index contributed by atoms with van der Waals surface area (Å²) in [7, 11) is 0. The number of rotatable bonds is 9. The number of hydrazine groups is 1. The van der Waals surface area contributed by atoms with Gasteiger partial charge in [-0.15, -0.1) is 0 Å². The summed E-state index contributed by atoms with van der Waals surface area (Å²) >= 11 is 6.07. The normalized spacial score (nSPS) is 18.3. The van der Waals surface area contributed by atoms with Gasteiger partial charge in [-0.1, -0.05) is 90.5 Å². The van der Waals surface area contributed by atoms with E-state index in [0.29, 0.717) is 23.6 Å². The summed E-state index contributed by atoms with van der Waals surface area (Å²) in [5, 5.41) is 6.85. The van der Waals surface area contributed by atoms with E-state index in [1.165, 1.54) is 16.0 Å². The second-order valence-electron chi connectivity index (χ2n) is 11.7. The summed E-state index contributed by atoms with van der Waals surface area (Å²) in [6, 6.07) is 28.3. The molecule has 0 spiro atoms. The molecule has 4 aromatic carbocycles. The summed E-state index contributed by atoms with van der Waals surface area (Å²) in [6.07, 6.45) is -0.391. The second kappa shape index (κ2) is 14.3. The molecule has 2 fully saturated rings. The Bertz CT molecular complexity index is 1730. The van der Waals surface area contributed by atoms with Gasteiger partial charge in [0.15, 0.2) is 11.6 Å². The summed E-state index contributed by atoms with van der Waals surface area (Å²) in [4.78, 5) is 45.3. The first-order valence-corrected chi connectivity index (χ1v) is 15.8. The van der Waals surface area contributed by atoms with Crippen LogP contribution in [-0.2, 0) is 35.5 Å². The number of carbonyl (C=O) groups is 3. The zero-order valence-electron chi connectivity index (χ0n) is 25.6. The first kappa shape index (κ1) is 32.2. The van der Waals surface area contributed by atoms with Crippen LogP contribution in [0.1, 0.15) is 22.3 Å². The van der Waals surface area contributed by atoms with Gasteiger partial charge in [0.1, 0.15) is 12.2 Å². The van der Waals surface area contributed by atoms with Gasteiger partial charge >= 0.3 is 6.03 Å². The molecule has 0 saturated carbocycles. The molecule has 4 aromatic rings. The third-order valence-electron chi connectivity index (χ3n) is 8.53. The van der Waals surface area contributed by atoms with Crippen molar-refractivity contribution >= 4 is 29.4 Å². The predicted octanol–water partition coefficient (Wildman–Crippen LogP) is 5.41. The minimum absolute atomic E-state index is 0.0477. The van der Waals surface area contributed by atoms with E-state index in [1.54, 1.807) is 22.0 Å². The number of amides is 4. The smallest absolute Gasteiger partial charge is 0.334 e. The maximum atomic E-state index is 14.3. The number of piperazine rings is 1. The van der Waals surface area contributed by atoms with Gasteiger partial charge in [0.2, 0.25) is 11.8 Å². The molecule has 0 radical (unpaired) electrons. The van der Waals surface area contributed by atoms with Gasteiger partial charge in [-0.05, 0) is 52.9 Å². The molecular formula is C36H34ClF2N5O3. The predicted molar refractivity (Wildman–Crippen MR) is 174 cm³/mol. The van der Waals surface area contributed by atoms with Gasteiger partial charge in [-0.25, -0.2) is 23.6 Å². The minimum Gasteiger partial charge on any atom is -0.337 e. The van der Waals surface area contributed by atoms with Gasteiger partial charge in [0.25, 0.3) is 0 Å². The van der Waals surface area contributed by atoms with Crippen molar-refractivity contribution in [2.75, 3.05) is 19.6 Å². The van der Waals surface area contributed by atoms with Crippen molar-refractivity contribution in [2.45, 2.75) is 38.1 Å². The Kier molecular flexibility index (Phi) is 9.79. The van der Waals surface area contributed by atoms with Gasteiger partial charge in [0, 0.05) is 31.1 Å². The van der Waals surface area contributed by atoms with Crippen LogP contribution in [0.5, 0.6) is 0 Å². The number of urea groups is 1. The third-order valence-corrected chi connectivity index (χ3v) is 8.78. The van der Waals surface area contributed by atoms with E-state index in [1.807, 2.05) is 72.8 Å². The van der Waals surface area contributed by atoms with Crippen LogP contribution >= 0.6 is 11.6 Å². The molecule has 242 valence electrons. The Labute approximate surface area is 277 Å². The highest BCUT2D eigenvalue weighted by Gasteiger charge is 2.51. The van der Waals surface area contributed by atoms with Crippen LogP contribution in [0.15, 0.2) is 103 Å². The Morgan fingerprint density at radius 1 is 0.809 bits per heavy atom. The minimum atomic E-state index is -1.04. The molecule has 11 heteroatoms. The molecule has 2 heterocycles. The lowest BCUT2D eigenvalue weighted by Gasteiger charge is -2.55. The number of benzene rings is 4. The first-order chi connectivity index (χ1) is 22.8. The Morgan fingerprint density at radius 2 is 1.47 bits per heavy atom. The van der Waals surface area contributed by atoms with E-state index in [-0.39, 0.29) is 44.4 Å². The highest BCUT2D eigenvalue weighted by atomic mass is 35.5. The van der Waals surface area contributed by atoms with Crippen molar-refractivity contribution in [1.82, 2.24) is 25.1 Å². The van der Waals surface area contributed by atoms with Crippen LogP contribution in [-0.4, -0.2) is 69.5 Å². The molecule has 47 heavy (non-hydrogen) atoms. The number of nitrogens with one attached hydrogen (secondary N) is 1. The number of hydrogen-bond acceptors (Lipinski definition) is 4. The average Bonchev–Trinajstić information content (AvgIpc) is 3.07. The fourth-order valence-electron chi connectivity index (χ4n) is 6.19. The maximum absolute atomic E-state index is 14.3. The molecule has 2 saturated heterocycles. The molecule has 1 N–H and O–H groups in total. The van der Waals surface area contributed by atoms with Gasteiger partial charge in [-0.3, -0.25) is 9.59 Å². The van der Waals surface area contributed by atoms with Gasteiger partial charge < -0.3 is 15.1 Å². The molecule has 2 aliphatic heterocycles. The molecule has 0 aromatic heterocycles. The van der Waals surface area contributed by atoms with E-state index in [2.05, 4.69) is 5.32 Å². The standard InChI is InChI=1S/C36H34ClF2N5O3/c37-29-14-11-25(12-15-29)17-18-41-23-33-43(32(35(41)46)20-28-13-16-30(38)31(39)19-28)34(45)24-42(22-27-9-5-2-6-10-27)44(33)36(47)40-21-26-7-3-1-4-8-26/h1-16,19,32-33H,17-18,20-24H2,(H,40,47). The third kappa shape index (κ3) is 7.45. The van der Waals surface area contributed by atoms with E-state index in [0.717, 1.165) is 28.8 Å². The molecule has 2 aliphatic rings. The lowest BCUT2D eigenvalue weighted by molar-refractivity contribution is -0.191. The van der Waals surface area contributed by atoms with E-state index in [4.69, 9.17) is 11.6 Å². The average molecular weight is 658 g/mol. The largest absolute Gasteiger partial charge is 0.337 e. The summed E-state index contributed by atoms with van der Waals surface area (Å²) in [5.41, 5.74) is 3.13. The number of halogens is 3. The Hall–Kier alpha value is -4.80. The maximum Gasteiger partial charge on any atom is 0.334 e. The summed E-state index contributed by atoms with van der Waals surface area (Å²) < 4.78 is 28.1. The van der Waals surface area contributed by atoms with Crippen molar-refractivity contribution in [1.29, 1.82) is 0 Å². The van der Waals surface area contributed by atoms with Crippen LogP contribution in [0.2, 0.25) is 5.02 Å². The van der Waals surface area contributed by atoms with E-state index < -0.39 is 29.9 Å². The molecule has 0 bridgehead atoms. The summed E-state index contributed by atoms with van der Waals surface area (Å²) in [5.74, 6) is -2.70. The van der Waals surface area contributed by atoms with E-state index >= 15 is 0 Å². The molecule has 8 nitrogen and oxygen atoms in total. The number of fused-ring (bicyclic) bond motifs is 1. The van der Waals surface area contributed by atoms with Crippen LogP contribution in [0, 0.1) is 11.6 Å². The molecule has 2 unspecified atom stereocenters. The molecule has 4 amide bonds. The van der Waals surface area contributed by atoms with Gasteiger partial charge in [0.05, 0.1) is 13.1 Å². The van der Waals surface area contributed by atoms with Crippen LogP contribution in [0.3, 0.4) is 0 Å². The molecular weight excluding hydrogens is 624 g/mol.